The second-order valence-electron chi connectivity index (χ2n) is 7.70. The van der Waals surface area contributed by atoms with Gasteiger partial charge in [0.2, 0.25) is 5.91 Å². The second kappa shape index (κ2) is 5.67. The number of nitrogens with one attached hydrogen (secondary N) is 1. The number of hydrogen-bond acceptors (Lipinski definition) is 2. The van der Waals surface area contributed by atoms with Crippen molar-refractivity contribution in [3.63, 3.8) is 0 Å². The van der Waals surface area contributed by atoms with Crippen molar-refractivity contribution in [1.29, 1.82) is 0 Å². The van der Waals surface area contributed by atoms with Gasteiger partial charge in [0.1, 0.15) is 0 Å². The van der Waals surface area contributed by atoms with Gasteiger partial charge >= 0.3 is 0 Å². The Balaban J connectivity index is 1.66. The van der Waals surface area contributed by atoms with Gasteiger partial charge in [0, 0.05) is 6.54 Å². The Bertz CT molecular complexity index is 368. The van der Waals surface area contributed by atoms with Crippen LogP contribution in [0.25, 0.3) is 0 Å². The molecule has 2 saturated carbocycles. The molecular formula is C17H30N2O. The minimum absolute atomic E-state index is 0.0670. The van der Waals surface area contributed by atoms with Crippen molar-refractivity contribution < 1.29 is 4.79 Å². The molecule has 1 N–H and O–H groups in total. The van der Waals surface area contributed by atoms with Gasteiger partial charge in [-0.3, -0.25) is 10.1 Å². The van der Waals surface area contributed by atoms with Gasteiger partial charge in [-0.1, -0.05) is 27.2 Å². The summed E-state index contributed by atoms with van der Waals surface area (Å²) in [6, 6.07) is 0.0670. The first-order chi connectivity index (χ1) is 9.58. The number of amides is 1. The summed E-state index contributed by atoms with van der Waals surface area (Å²) in [4.78, 5) is 14.8. The highest BCUT2D eigenvalue weighted by Crippen LogP contribution is 2.48. The van der Waals surface area contributed by atoms with Crippen LogP contribution in [0.1, 0.15) is 59.3 Å². The van der Waals surface area contributed by atoms with Crippen molar-refractivity contribution in [2.75, 3.05) is 6.54 Å². The first kappa shape index (κ1) is 14.4. The van der Waals surface area contributed by atoms with E-state index in [9.17, 15) is 4.79 Å². The zero-order valence-corrected chi connectivity index (χ0v) is 13.3. The van der Waals surface area contributed by atoms with Gasteiger partial charge in [-0.2, -0.15) is 0 Å². The lowest BCUT2D eigenvalue weighted by Gasteiger charge is -2.31. The van der Waals surface area contributed by atoms with Crippen LogP contribution in [0.3, 0.4) is 0 Å². The van der Waals surface area contributed by atoms with E-state index in [4.69, 9.17) is 0 Å². The molecule has 5 unspecified atom stereocenters. The Morgan fingerprint density at radius 3 is 2.65 bits per heavy atom. The number of rotatable bonds is 5. The molecule has 0 spiro atoms. The lowest BCUT2D eigenvalue weighted by atomic mass is 9.88. The lowest BCUT2D eigenvalue weighted by Crippen LogP contribution is -2.42. The molecule has 0 aromatic rings. The normalized spacial score (nSPS) is 40.3. The number of nitrogens with zero attached hydrogens (tertiary/aromatic N) is 1. The SMILES string of the molecule is CCC1NC(CC(C)C)N(CC2CC3CCC2C3)C1=O. The molecule has 1 aliphatic heterocycles. The zero-order chi connectivity index (χ0) is 14.3. The van der Waals surface area contributed by atoms with E-state index in [0.717, 1.165) is 37.1 Å². The maximum absolute atomic E-state index is 12.6. The van der Waals surface area contributed by atoms with Crippen LogP contribution in [0.5, 0.6) is 0 Å². The van der Waals surface area contributed by atoms with Crippen molar-refractivity contribution in [3.8, 4) is 0 Å². The van der Waals surface area contributed by atoms with Crippen LogP contribution in [0.2, 0.25) is 0 Å². The van der Waals surface area contributed by atoms with Gasteiger partial charge in [0.15, 0.2) is 0 Å². The van der Waals surface area contributed by atoms with E-state index in [1.807, 2.05) is 0 Å². The summed E-state index contributed by atoms with van der Waals surface area (Å²) < 4.78 is 0. The van der Waals surface area contributed by atoms with Crippen LogP contribution in [-0.2, 0) is 4.79 Å². The molecule has 0 aromatic heterocycles. The van der Waals surface area contributed by atoms with Crippen LogP contribution < -0.4 is 5.32 Å². The van der Waals surface area contributed by atoms with E-state index in [2.05, 4.69) is 31.0 Å². The van der Waals surface area contributed by atoms with E-state index in [0.29, 0.717) is 11.8 Å². The highest BCUT2D eigenvalue weighted by Gasteiger charge is 2.44. The van der Waals surface area contributed by atoms with E-state index in [1.165, 1.54) is 25.7 Å². The standard InChI is InChI=1S/C17H30N2O/c1-4-15-17(20)19(16(18-15)7-11(2)3)10-14-9-12-5-6-13(14)8-12/h11-16,18H,4-10H2,1-3H3. The van der Waals surface area contributed by atoms with E-state index < -0.39 is 0 Å². The second-order valence-corrected chi connectivity index (χ2v) is 7.70. The molecule has 0 radical (unpaired) electrons. The van der Waals surface area contributed by atoms with Crippen LogP contribution in [-0.4, -0.2) is 29.6 Å². The van der Waals surface area contributed by atoms with E-state index in [-0.39, 0.29) is 12.2 Å². The molecule has 3 nitrogen and oxygen atoms in total. The summed E-state index contributed by atoms with van der Waals surface area (Å²) in [5.74, 6) is 3.67. The fourth-order valence-corrected chi connectivity index (χ4v) is 4.75. The topological polar surface area (TPSA) is 32.3 Å². The van der Waals surface area contributed by atoms with Gasteiger partial charge in [-0.05, 0) is 55.8 Å². The highest BCUT2D eigenvalue weighted by molar-refractivity contribution is 5.84. The quantitative estimate of drug-likeness (QED) is 0.838. The molecule has 3 rings (SSSR count). The van der Waals surface area contributed by atoms with Gasteiger partial charge in [-0.25, -0.2) is 0 Å². The summed E-state index contributed by atoms with van der Waals surface area (Å²) in [7, 11) is 0. The first-order valence-electron chi connectivity index (χ1n) is 8.65. The Morgan fingerprint density at radius 2 is 2.10 bits per heavy atom. The molecule has 20 heavy (non-hydrogen) atoms. The summed E-state index contributed by atoms with van der Waals surface area (Å²) in [5.41, 5.74) is 0. The number of fused-ring (bicyclic) bond motifs is 2. The molecule has 1 heterocycles. The first-order valence-corrected chi connectivity index (χ1v) is 8.65. The van der Waals surface area contributed by atoms with Crippen molar-refractivity contribution >= 4 is 5.91 Å². The Kier molecular flexibility index (Phi) is 4.07. The predicted molar refractivity (Wildman–Crippen MR) is 81.1 cm³/mol. The minimum Gasteiger partial charge on any atom is -0.325 e. The Labute approximate surface area is 123 Å². The summed E-state index contributed by atoms with van der Waals surface area (Å²) in [6.07, 6.45) is 7.96. The molecule has 2 aliphatic carbocycles. The van der Waals surface area contributed by atoms with Crippen LogP contribution in [0.15, 0.2) is 0 Å². The lowest BCUT2D eigenvalue weighted by molar-refractivity contribution is -0.131. The van der Waals surface area contributed by atoms with Gasteiger partial charge < -0.3 is 4.90 Å². The van der Waals surface area contributed by atoms with Crippen LogP contribution in [0, 0.1) is 23.7 Å². The molecule has 1 saturated heterocycles. The Hall–Kier alpha value is -0.570. The average molecular weight is 278 g/mol. The maximum atomic E-state index is 12.6. The van der Waals surface area contributed by atoms with Crippen LogP contribution >= 0.6 is 0 Å². The molecule has 2 bridgehead atoms. The van der Waals surface area contributed by atoms with Crippen molar-refractivity contribution in [1.82, 2.24) is 10.2 Å². The molecule has 5 atom stereocenters. The smallest absolute Gasteiger partial charge is 0.241 e. The minimum atomic E-state index is 0.0670. The monoisotopic (exact) mass is 278 g/mol. The van der Waals surface area contributed by atoms with Crippen LogP contribution in [0.4, 0.5) is 0 Å². The average Bonchev–Trinajstić information content (AvgIpc) is 3.07. The zero-order valence-electron chi connectivity index (χ0n) is 13.3. The summed E-state index contributed by atoms with van der Waals surface area (Å²) in [6.45, 7) is 7.63. The largest absolute Gasteiger partial charge is 0.325 e. The third-order valence-electron chi connectivity index (χ3n) is 5.77. The fraction of sp³-hybridized carbons (Fsp3) is 0.941. The molecular weight excluding hydrogens is 248 g/mol. The number of carbonyl (C=O) groups is 1. The van der Waals surface area contributed by atoms with Crippen molar-refractivity contribution in [2.24, 2.45) is 23.7 Å². The maximum Gasteiger partial charge on any atom is 0.241 e. The predicted octanol–water partition coefficient (Wildman–Crippen LogP) is 3.01. The van der Waals surface area contributed by atoms with E-state index in [1.54, 1.807) is 0 Å². The fourth-order valence-electron chi connectivity index (χ4n) is 4.75. The van der Waals surface area contributed by atoms with Gasteiger partial charge in [0.25, 0.3) is 0 Å². The van der Waals surface area contributed by atoms with Crippen molar-refractivity contribution in [3.05, 3.63) is 0 Å². The molecule has 0 aromatic carbocycles. The van der Waals surface area contributed by atoms with Gasteiger partial charge in [0.05, 0.1) is 12.2 Å². The van der Waals surface area contributed by atoms with E-state index >= 15 is 0 Å². The summed E-state index contributed by atoms with van der Waals surface area (Å²) >= 11 is 0. The molecule has 3 heteroatoms. The summed E-state index contributed by atoms with van der Waals surface area (Å²) in [5, 5.41) is 3.57. The third-order valence-corrected chi connectivity index (χ3v) is 5.77. The molecule has 3 fully saturated rings. The highest BCUT2D eigenvalue weighted by atomic mass is 16.2. The molecule has 3 aliphatic rings. The van der Waals surface area contributed by atoms with Gasteiger partial charge in [-0.15, -0.1) is 0 Å². The Morgan fingerprint density at radius 1 is 1.30 bits per heavy atom. The number of hydrogen-bond donors (Lipinski definition) is 1. The number of carbonyl (C=O) groups excluding carboxylic acids is 1. The third kappa shape index (κ3) is 2.61. The molecule has 114 valence electrons. The molecule has 1 amide bonds. The van der Waals surface area contributed by atoms with Crippen molar-refractivity contribution in [2.45, 2.75) is 71.5 Å².